The van der Waals surface area contributed by atoms with Crippen molar-refractivity contribution in [1.29, 1.82) is 0 Å². The van der Waals surface area contributed by atoms with Gasteiger partial charge in [-0.15, -0.1) is 11.3 Å². The molecular formula is C24H22ClFN2OS. The first-order valence-electron chi connectivity index (χ1n) is 9.81. The molecule has 154 valence electrons. The second-order valence-electron chi connectivity index (χ2n) is 7.82. The number of aryl methyl sites for hydroxylation is 2. The minimum atomic E-state index is -0.315. The Bertz CT molecular complexity index is 1320. The van der Waals surface area contributed by atoms with Gasteiger partial charge in [-0.1, -0.05) is 43.6 Å². The lowest BCUT2D eigenvalue weighted by atomic mass is 10.0. The van der Waals surface area contributed by atoms with Crippen LogP contribution in [-0.2, 0) is 6.54 Å². The van der Waals surface area contributed by atoms with Crippen LogP contribution < -0.4 is 5.56 Å². The van der Waals surface area contributed by atoms with Crippen LogP contribution in [0.5, 0.6) is 0 Å². The highest BCUT2D eigenvalue weighted by Crippen LogP contribution is 2.37. The molecule has 2 aromatic heterocycles. The molecule has 0 aliphatic rings. The highest BCUT2D eigenvalue weighted by atomic mass is 35.5. The van der Waals surface area contributed by atoms with Gasteiger partial charge in [-0.3, -0.25) is 9.36 Å². The van der Waals surface area contributed by atoms with Crippen molar-refractivity contribution >= 4 is 33.2 Å². The van der Waals surface area contributed by atoms with Gasteiger partial charge in [0.05, 0.1) is 11.9 Å². The summed E-state index contributed by atoms with van der Waals surface area (Å²) in [5.74, 6) is 0.445. The average Bonchev–Trinajstić information content (AvgIpc) is 3.02. The number of rotatable bonds is 4. The number of fused-ring (bicyclic) bond motifs is 1. The SMILES string of the molecule is Cc1cc(-c2c(C)sc3nc(C(C)C)n(Cc4cccc(F)c4)c(=O)c23)ccc1Cl. The van der Waals surface area contributed by atoms with Gasteiger partial charge >= 0.3 is 0 Å². The summed E-state index contributed by atoms with van der Waals surface area (Å²) in [5, 5.41) is 1.31. The topological polar surface area (TPSA) is 34.9 Å². The first-order chi connectivity index (χ1) is 14.3. The molecule has 2 heterocycles. The van der Waals surface area contributed by atoms with Gasteiger partial charge < -0.3 is 0 Å². The summed E-state index contributed by atoms with van der Waals surface area (Å²) < 4.78 is 15.4. The third-order valence-corrected chi connectivity index (χ3v) is 6.63. The number of aromatic nitrogens is 2. The molecule has 0 aliphatic heterocycles. The van der Waals surface area contributed by atoms with Crippen LogP contribution >= 0.6 is 22.9 Å². The third kappa shape index (κ3) is 3.68. The fourth-order valence-corrected chi connectivity index (χ4v) is 4.93. The number of nitrogens with zero attached hydrogens (tertiary/aromatic N) is 2. The third-order valence-electron chi connectivity index (χ3n) is 5.21. The van der Waals surface area contributed by atoms with Gasteiger partial charge in [0.1, 0.15) is 16.5 Å². The molecule has 30 heavy (non-hydrogen) atoms. The molecule has 0 saturated carbocycles. The molecule has 6 heteroatoms. The summed E-state index contributed by atoms with van der Waals surface area (Å²) in [6.07, 6.45) is 0. The molecule has 0 spiro atoms. The largest absolute Gasteiger partial charge is 0.291 e. The zero-order valence-corrected chi connectivity index (χ0v) is 18.9. The van der Waals surface area contributed by atoms with E-state index in [1.54, 1.807) is 10.6 Å². The van der Waals surface area contributed by atoms with Crippen molar-refractivity contribution in [2.75, 3.05) is 0 Å². The van der Waals surface area contributed by atoms with Crippen LogP contribution in [0.1, 0.15) is 41.6 Å². The fourth-order valence-electron chi connectivity index (χ4n) is 3.77. The van der Waals surface area contributed by atoms with Crippen molar-refractivity contribution in [3.8, 4) is 11.1 Å². The standard InChI is InChI=1S/C24H22ClFN2OS/c1-13(2)22-27-23-21(24(29)28(22)12-16-6-5-7-18(26)11-16)20(15(4)30-23)17-8-9-19(25)14(3)10-17/h5-11,13H,12H2,1-4H3. The second kappa shape index (κ2) is 7.97. The number of hydrogen-bond acceptors (Lipinski definition) is 3. The minimum absolute atomic E-state index is 0.0549. The molecule has 0 radical (unpaired) electrons. The van der Waals surface area contributed by atoms with E-state index in [0.717, 1.165) is 32.0 Å². The molecule has 0 aliphatic carbocycles. The van der Waals surface area contributed by atoms with E-state index in [1.807, 2.05) is 52.0 Å². The van der Waals surface area contributed by atoms with Gasteiger partial charge in [-0.25, -0.2) is 9.37 Å². The quantitative estimate of drug-likeness (QED) is 0.353. The highest BCUT2D eigenvalue weighted by molar-refractivity contribution is 7.19. The maximum absolute atomic E-state index is 13.7. The van der Waals surface area contributed by atoms with Crippen molar-refractivity contribution in [2.24, 2.45) is 0 Å². The van der Waals surface area contributed by atoms with Crippen LogP contribution in [0.3, 0.4) is 0 Å². The molecule has 3 nitrogen and oxygen atoms in total. The van der Waals surface area contributed by atoms with Gasteiger partial charge in [0.2, 0.25) is 0 Å². The van der Waals surface area contributed by atoms with E-state index in [-0.39, 0.29) is 23.8 Å². The smallest absolute Gasteiger partial charge is 0.263 e. The van der Waals surface area contributed by atoms with E-state index in [2.05, 4.69) is 0 Å². The summed E-state index contributed by atoms with van der Waals surface area (Å²) in [6, 6.07) is 12.2. The monoisotopic (exact) mass is 440 g/mol. The number of hydrogen-bond donors (Lipinski definition) is 0. The lowest BCUT2D eigenvalue weighted by molar-refractivity contribution is 0.612. The van der Waals surface area contributed by atoms with Crippen LogP contribution in [0.15, 0.2) is 47.3 Å². The molecule has 4 aromatic rings. The highest BCUT2D eigenvalue weighted by Gasteiger charge is 2.21. The van der Waals surface area contributed by atoms with Gasteiger partial charge in [0.15, 0.2) is 0 Å². The summed E-state index contributed by atoms with van der Waals surface area (Å²) in [4.78, 5) is 20.3. The van der Waals surface area contributed by atoms with Gasteiger partial charge in [-0.2, -0.15) is 0 Å². The van der Waals surface area contributed by atoms with Crippen molar-refractivity contribution in [2.45, 2.75) is 40.2 Å². The predicted octanol–water partition coefficient (Wildman–Crippen LogP) is 6.71. The molecule has 0 N–H and O–H groups in total. The summed E-state index contributed by atoms with van der Waals surface area (Å²) in [7, 11) is 0. The zero-order valence-electron chi connectivity index (χ0n) is 17.3. The lowest BCUT2D eigenvalue weighted by Crippen LogP contribution is -2.26. The summed E-state index contributed by atoms with van der Waals surface area (Å²) in [6.45, 7) is 8.27. The van der Waals surface area contributed by atoms with E-state index < -0.39 is 0 Å². The first kappa shape index (κ1) is 20.8. The van der Waals surface area contributed by atoms with Crippen molar-refractivity contribution in [1.82, 2.24) is 9.55 Å². The van der Waals surface area contributed by atoms with E-state index in [4.69, 9.17) is 16.6 Å². The van der Waals surface area contributed by atoms with Crippen molar-refractivity contribution < 1.29 is 4.39 Å². The summed E-state index contributed by atoms with van der Waals surface area (Å²) in [5.41, 5.74) is 3.44. The summed E-state index contributed by atoms with van der Waals surface area (Å²) >= 11 is 7.74. The Morgan fingerprint density at radius 2 is 1.93 bits per heavy atom. The Labute approximate surface area is 183 Å². The van der Waals surface area contributed by atoms with Gasteiger partial charge in [0.25, 0.3) is 5.56 Å². The maximum Gasteiger partial charge on any atom is 0.263 e. The molecule has 0 bridgehead atoms. The van der Waals surface area contributed by atoms with E-state index in [0.29, 0.717) is 16.2 Å². The normalized spacial score (nSPS) is 11.6. The average molecular weight is 441 g/mol. The Hall–Kier alpha value is -2.50. The Morgan fingerprint density at radius 1 is 1.17 bits per heavy atom. The molecule has 0 atom stereocenters. The van der Waals surface area contributed by atoms with Crippen LogP contribution in [0.4, 0.5) is 4.39 Å². The number of halogens is 2. The molecule has 0 amide bonds. The Kier molecular flexibility index (Phi) is 5.51. The molecule has 2 aromatic carbocycles. The van der Waals surface area contributed by atoms with Crippen LogP contribution in [-0.4, -0.2) is 9.55 Å². The first-order valence-corrected chi connectivity index (χ1v) is 11.0. The van der Waals surface area contributed by atoms with Crippen LogP contribution in [0, 0.1) is 19.7 Å². The minimum Gasteiger partial charge on any atom is -0.291 e. The Morgan fingerprint density at radius 3 is 2.60 bits per heavy atom. The van der Waals surface area contributed by atoms with Gasteiger partial charge in [-0.05, 0) is 54.8 Å². The van der Waals surface area contributed by atoms with Crippen molar-refractivity contribution in [3.63, 3.8) is 0 Å². The Balaban J connectivity index is 1.99. The number of thiophene rings is 1. The molecule has 0 fully saturated rings. The lowest BCUT2D eigenvalue weighted by Gasteiger charge is -2.15. The van der Waals surface area contributed by atoms with E-state index in [9.17, 15) is 9.18 Å². The number of benzene rings is 2. The predicted molar refractivity (Wildman–Crippen MR) is 123 cm³/mol. The molecule has 4 rings (SSSR count). The van der Waals surface area contributed by atoms with Crippen LogP contribution in [0.25, 0.3) is 21.3 Å². The maximum atomic E-state index is 13.7. The molecule has 0 saturated heterocycles. The van der Waals surface area contributed by atoms with Gasteiger partial charge in [0, 0.05) is 21.4 Å². The molecular weight excluding hydrogens is 419 g/mol. The van der Waals surface area contributed by atoms with Crippen molar-refractivity contribution in [3.05, 3.63) is 85.5 Å². The van der Waals surface area contributed by atoms with Crippen LogP contribution in [0.2, 0.25) is 5.02 Å². The fraction of sp³-hybridized carbons (Fsp3) is 0.250. The zero-order chi connectivity index (χ0) is 21.6. The molecule has 0 unspecified atom stereocenters. The second-order valence-corrected chi connectivity index (χ2v) is 9.43. The van der Waals surface area contributed by atoms with E-state index in [1.165, 1.54) is 23.5 Å². The van der Waals surface area contributed by atoms with E-state index >= 15 is 0 Å².